The summed E-state index contributed by atoms with van der Waals surface area (Å²) in [6, 6.07) is 11.9. The third-order valence-electron chi connectivity index (χ3n) is 5.79. The van der Waals surface area contributed by atoms with Crippen LogP contribution in [0.4, 0.5) is 13.2 Å². The van der Waals surface area contributed by atoms with Gasteiger partial charge in [0.15, 0.2) is 0 Å². The van der Waals surface area contributed by atoms with Gasteiger partial charge >= 0.3 is 6.18 Å². The fourth-order valence-electron chi connectivity index (χ4n) is 3.81. The maximum absolute atomic E-state index is 12.9. The van der Waals surface area contributed by atoms with Gasteiger partial charge in [-0.1, -0.05) is 35.5 Å². The molecule has 1 aromatic heterocycles. The fourth-order valence-corrected chi connectivity index (χ4v) is 3.81. The van der Waals surface area contributed by atoms with E-state index in [1.54, 1.807) is 17.0 Å². The number of hydrogen-bond acceptors (Lipinski definition) is 6. The number of carbonyl (C=O) groups excluding carboxylic acids is 2. The van der Waals surface area contributed by atoms with E-state index >= 15 is 0 Å². The minimum absolute atomic E-state index is 0.0861. The molecular formula is C24H24F3N5O3. The fraction of sp³-hybridized carbons (Fsp3) is 0.333. The van der Waals surface area contributed by atoms with Crippen molar-refractivity contribution < 1.29 is 27.3 Å². The van der Waals surface area contributed by atoms with Crippen molar-refractivity contribution in [3.05, 3.63) is 71.1 Å². The molecule has 0 unspecified atom stereocenters. The second-order valence-corrected chi connectivity index (χ2v) is 8.24. The van der Waals surface area contributed by atoms with Crippen molar-refractivity contribution in [1.82, 2.24) is 25.3 Å². The summed E-state index contributed by atoms with van der Waals surface area (Å²) in [5.41, 5.74) is 0.813. The largest absolute Gasteiger partial charge is 0.416 e. The van der Waals surface area contributed by atoms with Crippen LogP contribution in [-0.4, -0.2) is 64.5 Å². The summed E-state index contributed by atoms with van der Waals surface area (Å²) in [5, 5.41) is 6.48. The molecule has 1 fully saturated rings. The van der Waals surface area contributed by atoms with Crippen molar-refractivity contribution >= 4 is 11.8 Å². The van der Waals surface area contributed by atoms with Gasteiger partial charge in [-0.3, -0.25) is 14.5 Å². The van der Waals surface area contributed by atoms with Crippen molar-refractivity contribution in [3.63, 3.8) is 0 Å². The Morgan fingerprint density at radius 3 is 2.51 bits per heavy atom. The number of nitrogens with one attached hydrogen (secondary N) is 1. The smallest absolute Gasteiger partial charge is 0.343 e. The third kappa shape index (κ3) is 6.04. The summed E-state index contributed by atoms with van der Waals surface area (Å²) in [5.74, 6) is -0.0914. The average molecular weight is 487 g/mol. The average Bonchev–Trinajstić information content (AvgIpc) is 3.31. The van der Waals surface area contributed by atoms with E-state index in [-0.39, 0.29) is 35.6 Å². The molecule has 8 nitrogen and oxygen atoms in total. The maximum Gasteiger partial charge on any atom is 0.416 e. The molecule has 1 aliphatic heterocycles. The van der Waals surface area contributed by atoms with E-state index < -0.39 is 11.7 Å². The number of aromatic nitrogens is 2. The Bertz CT molecular complexity index is 1200. The van der Waals surface area contributed by atoms with Crippen molar-refractivity contribution in [2.75, 3.05) is 32.7 Å². The first-order valence-electron chi connectivity index (χ1n) is 11.0. The van der Waals surface area contributed by atoms with Crippen LogP contribution in [0.5, 0.6) is 0 Å². The lowest BCUT2D eigenvalue weighted by molar-refractivity contribution is -0.137. The van der Waals surface area contributed by atoms with Gasteiger partial charge in [0.05, 0.1) is 18.7 Å². The normalized spacial score (nSPS) is 14.7. The van der Waals surface area contributed by atoms with Crippen LogP contribution in [0, 0.1) is 6.92 Å². The number of carbonyl (C=O) groups is 2. The van der Waals surface area contributed by atoms with E-state index in [9.17, 15) is 22.8 Å². The number of aryl methyl sites for hydroxylation is 1. The Morgan fingerprint density at radius 2 is 1.80 bits per heavy atom. The van der Waals surface area contributed by atoms with Crippen LogP contribution in [0.2, 0.25) is 0 Å². The lowest BCUT2D eigenvalue weighted by Crippen LogP contribution is -2.50. The highest BCUT2D eigenvalue weighted by Gasteiger charge is 2.31. The van der Waals surface area contributed by atoms with Gasteiger partial charge in [0.25, 0.3) is 5.91 Å². The third-order valence-corrected chi connectivity index (χ3v) is 5.79. The molecule has 1 N–H and O–H groups in total. The number of amides is 2. The molecule has 2 aromatic carbocycles. The Labute approximate surface area is 199 Å². The molecule has 0 aliphatic carbocycles. The highest BCUT2D eigenvalue weighted by molar-refractivity contribution is 5.97. The van der Waals surface area contributed by atoms with Crippen LogP contribution >= 0.6 is 0 Å². The van der Waals surface area contributed by atoms with Gasteiger partial charge in [-0.15, -0.1) is 0 Å². The molecule has 35 heavy (non-hydrogen) atoms. The number of nitrogens with zero attached hydrogens (tertiary/aromatic N) is 4. The summed E-state index contributed by atoms with van der Waals surface area (Å²) in [7, 11) is 0. The van der Waals surface area contributed by atoms with Crippen LogP contribution in [0.3, 0.4) is 0 Å². The SMILES string of the molecule is Cc1ccccc1C(=O)NCC(=O)N1CCN(Cc2nc(-c3cccc(C(F)(F)F)c3)no2)CC1. The van der Waals surface area contributed by atoms with Gasteiger partial charge in [-0.25, -0.2) is 0 Å². The molecule has 11 heteroatoms. The topological polar surface area (TPSA) is 91.6 Å². The van der Waals surface area contributed by atoms with E-state index in [4.69, 9.17) is 4.52 Å². The Kier molecular flexibility index (Phi) is 7.15. The van der Waals surface area contributed by atoms with Gasteiger partial charge in [-0.2, -0.15) is 18.2 Å². The standard InChI is InChI=1S/C24H24F3N5O3/c1-16-5-2-3-8-19(16)23(34)28-14-21(33)32-11-9-31(10-12-32)15-20-29-22(30-35-20)17-6-4-7-18(13-17)24(25,26)27/h2-8,13H,9-12,14-15H2,1H3,(H,28,34). The number of piperazine rings is 1. The summed E-state index contributed by atoms with van der Waals surface area (Å²) in [6.07, 6.45) is -4.46. The molecule has 0 bridgehead atoms. The molecule has 0 radical (unpaired) electrons. The van der Waals surface area contributed by atoms with Crippen molar-refractivity contribution in [3.8, 4) is 11.4 Å². The van der Waals surface area contributed by atoms with E-state index in [2.05, 4.69) is 15.5 Å². The second-order valence-electron chi connectivity index (χ2n) is 8.24. The van der Waals surface area contributed by atoms with Crippen LogP contribution in [0.25, 0.3) is 11.4 Å². The summed E-state index contributed by atoms with van der Waals surface area (Å²) >= 11 is 0. The number of hydrogen-bond donors (Lipinski definition) is 1. The van der Waals surface area contributed by atoms with Crippen LogP contribution in [0.1, 0.15) is 27.4 Å². The molecule has 4 rings (SSSR count). The summed E-state index contributed by atoms with van der Waals surface area (Å²) < 4.78 is 44.1. The van der Waals surface area contributed by atoms with E-state index in [1.165, 1.54) is 12.1 Å². The zero-order valence-corrected chi connectivity index (χ0v) is 19.0. The molecule has 184 valence electrons. The predicted molar refractivity (Wildman–Crippen MR) is 120 cm³/mol. The van der Waals surface area contributed by atoms with E-state index in [0.717, 1.165) is 17.7 Å². The molecule has 1 aliphatic rings. The summed E-state index contributed by atoms with van der Waals surface area (Å²) in [4.78, 5) is 32.7. The maximum atomic E-state index is 12.9. The highest BCUT2D eigenvalue weighted by atomic mass is 19.4. The van der Waals surface area contributed by atoms with Gasteiger partial charge < -0.3 is 14.7 Å². The number of halogens is 3. The first-order valence-corrected chi connectivity index (χ1v) is 11.0. The van der Waals surface area contributed by atoms with Gasteiger partial charge in [-0.05, 0) is 30.7 Å². The van der Waals surface area contributed by atoms with Gasteiger partial charge in [0, 0.05) is 37.3 Å². The minimum Gasteiger partial charge on any atom is -0.343 e. The number of benzene rings is 2. The quantitative estimate of drug-likeness (QED) is 0.575. The predicted octanol–water partition coefficient (Wildman–Crippen LogP) is 3.14. The zero-order valence-electron chi connectivity index (χ0n) is 19.0. The Hall–Kier alpha value is -3.73. The molecule has 2 amide bonds. The highest BCUT2D eigenvalue weighted by Crippen LogP contribution is 2.31. The Morgan fingerprint density at radius 1 is 1.06 bits per heavy atom. The van der Waals surface area contributed by atoms with Crippen LogP contribution in [-0.2, 0) is 17.5 Å². The first-order chi connectivity index (χ1) is 16.7. The zero-order chi connectivity index (χ0) is 25.0. The van der Waals surface area contributed by atoms with Gasteiger partial charge in [0.1, 0.15) is 0 Å². The lowest BCUT2D eigenvalue weighted by Gasteiger charge is -2.34. The number of alkyl halides is 3. The monoisotopic (exact) mass is 487 g/mol. The second kappa shape index (κ2) is 10.3. The van der Waals surface area contributed by atoms with E-state index in [0.29, 0.717) is 38.3 Å². The number of rotatable bonds is 6. The molecule has 0 atom stereocenters. The Balaban J connectivity index is 1.26. The molecule has 0 spiro atoms. The van der Waals surface area contributed by atoms with E-state index in [1.807, 2.05) is 24.0 Å². The first kappa shape index (κ1) is 24.4. The molecular weight excluding hydrogens is 463 g/mol. The van der Waals surface area contributed by atoms with Crippen molar-refractivity contribution in [2.45, 2.75) is 19.6 Å². The molecule has 3 aromatic rings. The van der Waals surface area contributed by atoms with Crippen molar-refractivity contribution in [2.24, 2.45) is 0 Å². The van der Waals surface area contributed by atoms with Gasteiger partial charge in [0.2, 0.25) is 17.6 Å². The van der Waals surface area contributed by atoms with Crippen LogP contribution in [0.15, 0.2) is 53.1 Å². The summed E-state index contributed by atoms with van der Waals surface area (Å²) in [6.45, 7) is 4.11. The molecule has 1 saturated heterocycles. The van der Waals surface area contributed by atoms with Crippen LogP contribution < -0.4 is 5.32 Å². The molecule has 0 saturated carbocycles. The minimum atomic E-state index is -4.46. The molecule has 2 heterocycles. The lowest BCUT2D eigenvalue weighted by atomic mass is 10.1. The van der Waals surface area contributed by atoms with Crippen molar-refractivity contribution in [1.29, 1.82) is 0 Å².